The maximum atomic E-state index is 5.79. The predicted octanol–water partition coefficient (Wildman–Crippen LogP) is 3.75. The lowest BCUT2D eigenvalue weighted by atomic mass is 9.95. The van der Waals surface area contributed by atoms with Gasteiger partial charge in [0.2, 0.25) is 5.88 Å². The van der Waals surface area contributed by atoms with Crippen molar-refractivity contribution in [3.05, 3.63) is 72.2 Å². The van der Waals surface area contributed by atoms with E-state index in [2.05, 4.69) is 32.0 Å². The molecule has 138 valence electrons. The van der Waals surface area contributed by atoms with Crippen LogP contribution in [0.5, 0.6) is 11.6 Å². The van der Waals surface area contributed by atoms with Gasteiger partial charge < -0.3 is 4.74 Å². The molecule has 1 fully saturated rings. The highest BCUT2D eigenvalue weighted by atomic mass is 16.5. The van der Waals surface area contributed by atoms with Gasteiger partial charge in [-0.3, -0.25) is 19.9 Å². The van der Waals surface area contributed by atoms with Crippen molar-refractivity contribution >= 4 is 0 Å². The molecule has 3 aromatic rings. The van der Waals surface area contributed by atoms with Gasteiger partial charge in [-0.1, -0.05) is 6.07 Å². The van der Waals surface area contributed by atoms with Crippen molar-refractivity contribution in [2.24, 2.45) is 0 Å². The zero-order chi connectivity index (χ0) is 18.5. The van der Waals surface area contributed by atoms with E-state index in [-0.39, 0.29) is 0 Å². The van der Waals surface area contributed by atoms with E-state index in [9.17, 15) is 0 Å². The lowest BCUT2D eigenvalue weighted by molar-refractivity contribution is 0.196. The Bertz CT molecular complexity index is 887. The van der Waals surface area contributed by atoms with Crippen molar-refractivity contribution in [1.82, 2.24) is 24.8 Å². The Labute approximate surface area is 159 Å². The van der Waals surface area contributed by atoms with Gasteiger partial charge in [-0.15, -0.1) is 0 Å². The minimum absolute atomic E-state index is 0.355. The van der Waals surface area contributed by atoms with Crippen LogP contribution in [0.2, 0.25) is 0 Å². The number of hydrogen-bond acceptors (Lipinski definition) is 6. The normalized spacial score (nSPS) is 17.6. The summed E-state index contributed by atoms with van der Waals surface area (Å²) in [6.45, 7) is 4.95. The molecule has 1 aliphatic rings. The van der Waals surface area contributed by atoms with Crippen LogP contribution in [-0.2, 0) is 6.54 Å². The van der Waals surface area contributed by atoms with Crippen LogP contribution in [0.1, 0.15) is 35.8 Å². The van der Waals surface area contributed by atoms with Crippen LogP contribution in [0, 0.1) is 6.92 Å². The molecule has 0 amide bonds. The van der Waals surface area contributed by atoms with E-state index in [1.807, 2.05) is 31.3 Å². The van der Waals surface area contributed by atoms with Crippen LogP contribution in [-0.4, -0.2) is 37.9 Å². The van der Waals surface area contributed by atoms with Crippen LogP contribution in [0.4, 0.5) is 0 Å². The fraction of sp³-hybridized carbons (Fsp3) is 0.333. The van der Waals surface area contributed by atoms with Crippen molar-refractivity contribution in [2.75, 3.05) is 13.1 Å². The first kappa shape index (κ1) is 17.5. The molecule has 4 rings (SSSR count). The molecule has 1 atom stereocenters. The van der Waals surface area contributed by atoms with Crippen molar-refractivity contribution in [1.29, 1.82) is 0 Å². The van der Waals surface area contributed by atoms with Gasteiger partial charge >= 0.3 is 0 Å². The summed E-state index contributed by atoms with van der Waals surface area (Å²) in [4.78, 5) is 20.2. The van der Waals surface area contributed by atoms with Crippen LogP contribution in [0.25, 0.3) is 0 Å². The Morgan fingerprint density at radius 3 is 2.89 bits per heavy atom. The highest BCUT2D eigenvalue weighted by Crippen LogP contribution is 2.28. The summed E-state index contributed by atoms with van der Waals surface area (Å²) in [6, 6.07) is 9.90. The number of piperidine rings is 1. The van der Waals surface area contributed by atoms with Gasteiger partial charge in [0.25, 0.3) is 0 Å². The predicted molar refractivity (Wildman–Crippen MR) is 103 cm³/mol. The highest BCUT2D eigenvalue weighted by molar-refractivity contribution is 5.23. The van der Waals surface area contributed by atoms with Gasteiger partial charge in [0.1, 0.15) is 5.75 Å². The number of rotatable bonds is 5. The molecule has 1 aliphatic heterocycles. The van der Waals surface area contributed by atoms with E-state index in [1.54, 1.807) is 18.6 Å². The Morgan fingerprint density at radius 1 is 1.07 bits per heavy atom. The van der Waals surface area contributed by atoms with Crippen molar-refractivity contribution < 1.29 is 4.74 Å². The molecule has 0 saturated carbocycles. The third-order valence-electron chi connectivity index (χ3n) is 4.74. The molecule has 1 saturated heterocycles. The molecule has 0 bridgehead atoms. The van der Waals surface area contributed by atoms with Gasteiger partial charge in [-0.2, -0.15) is 0 Å². The van der Waals surface area contributed by atoms with E-state index >= 15 is 0 Å². The summed E-state index contributed by atoms with van der Waals surface area (Å²) < 4.78 is 5.79. The van der Waals surface area contributed by atoms with E-state index in [0.717, 1.165) is 49.6 Å². The molecule has 1 unspecified atom stereocenters. The second-order valence-corrected chi connectivity index (χ2v) is 6.92. The van der Waals surface area contributed by atoms with Gasteiger partial charge in [0.05, 0.1) is 23.8 Å². The van der Waals surface area contributed by atoms with Gasteiger partial charge in [0, 0.05) is 37.1 Å². The summed E-state index contributed by atoms with van der Waals surface area (Å²) in [5, 5.41) is 0. The Balaban J connectivity index is 1.44. The molecule has 0 N–H and O–H groups in total. The first-order valence-corrected chi connectivity index (χ1v) is 9.31. The monoisotopic (exact) mass is 361 g/mol. The lowest BCUT2D eigenvalue weighted by Gasteiger charge is -2.32. The Morgan fingerprint density at radius 2 is 2.04 bits per heavy atom. The number of aromatic nitrogens is 4. The van der Waals surface area contributed by atoms with Gasteiger partial charge in [-0.25, -0.2) is 4.98 Å². The SMILES string of the molecule is Cc1cccc(CN2CCCC(c3cncc(Oc4cccnc4)n3)C2)n1. The van der Waals surface area contributed by atoms with Crippen LogP contribution in [0.3, 0.4) is 0 Å². The average Bonchev–Trinajstić information content (AvgIpc) is 2.69. The lowest BCUT2D eigenvalue weighted by Crippen LogP contribution is -2.34. The molecule has 6 heteroatoms. The summed E-state index contributed by atoms with van der Waals surface area (Å²) in [5.41, 5.74) is 3.17. The molecule has 0 aromatic carbocycles. The fourth-order valence-corrected chi connectivity index (χ4v) is 3.49. The maximum Gasteiger partial charge on any atom is 0.238 e. The van der Waals surface area contributed by atoms with E-state index in [0.29, 0.717) is 17.5 Å². The number of pyridine rings is 2. The highest BCUT2D eigenvalue weighted by Gasteiger charge is 2.23. The van der Waals surface area contributed by atoms with Crippen molar-refractivity contribution in [2.45, 2.75) is 32.2 Å². The largest absolute Gasteiger partial charge is 0.436 e. The van der Waals surface area contributed by atoms with Crippen LogP contribution in [0.15, 0.2) is 55.1 Å². The van der Waals surface area contributed by atoms with E-state index in [1.165, 1.54) is 0 Å². The summed E-state index contributed by atoms with van der Waals surface area (Å²) in [6.07, 6.45) is 9.15. The molecular weight excluding hydrogens is 338 g/mol. The van der Waals surface area contributed by atoms with Crippen molar-refractivity contribution in [3.63, 3.8) is 0 Å². The smallest absolute Gasteiger partial charge is 0.238 e. The summed E-state index contributed by atoms with van der Waals surface area (Å²) in [7, 11) is 0. The van der Waals surface area contributed by atoms with Crippen LogP contribution >= 0.6 is 0 Å². The second-order valence-electron chi connectivity index (χ2n) is 6.92. The van der Waals surface area contributed by atoms with Gasteiger partial charge in [0.15, 0.2) is 0 Å². The zero-order valence-corrected chi connectivity index (χ0v) is 15.5. The number of likely N-dealkylation sites (tertiary alicyclic amines) is 1. The van der Waals surface area contributed by atoms with E-state index < -0.39 is 0 Å². The Hall–Kier alpha value is -2.86. The first-order chi connectivity index (χ1) is 13.3. The molecule has 6 nitrogen and oxygen atoms in total. The quantitative estimate of drug-likeness (QED) is 0.690. The van der Waals surface area contributed by atoms with Crippen LogP contribution < -0.4 is 4.74 Å². The average molecular weight is 361 g/mol. The third-order valence-corrected chi connectivity index (χ3v) is 4.74. The summed E-state index contributed by atoms with van der Waals surface area (Å²) >= 11 is 0. The number of nitrogens with zero attached hydrogens (tertiary/aromatic N) is 5. The maximum absolute atomic E-state index is 5.79. The molecule has 0 spiro atoms. The first-order valence-electron chi connectivity index (χ1n) is 9.31. The fourth-order valence-electron chi connectivity index (χ4n) is 3.49. The minimum atomic E-state index is 0.355. The molecular formula is C21H23N5O. The molecule has 0 radical (unpaired) electrons. The van der Waals surface area contributed by atoms with Crippen molar-refractivity contribution in [3.8, 4) is 11.6 Å². The number of hydrogen-bond donors (Lipinski definition) is 0. The van der Waals surface area contributed by atoms with E-state index in [4.69, 9.17) is 9.72 Å². The molecule has 4 heterocycles. The zero-order valence-electron chi connectivity index (χ0n) is 15.5. The topological polar surface area (TPSA) is 64.0 Å². The third kappa shape index (κ3) is 4.65. The second kappa shape index (κ2) is 8.22. The minimum Gasteiger partial charge on any atom is -0.436 e. The summed E-state index contributed by atoms with van der Waals surface area (Å²) in [5.74, 6) is 1.53. The standard InChI is InChI=1S/C21H23N5O/c1-16-5-2-7-18(24-16)15-26-10-4-6-17(14-26)20-12-23-13-21(25-20)27-19-8-3-9-22-11-19/h2-3,5,7-9,11-13,17H,4,6,10,14-15H2,1H3. The molecule has 0 aliphatic carbocycles. The molecule has 27 heavy (non-hydrogen) atoms. The van der Waals surface area contributed by atoms with Gasteiger partial charge in [-0.05, 0) is 50.6 Å². The Kier molecular flexibility index (Phi) is 5.34. The number of ether oxygens (including phenoxy) is 1. The molecule has 3 aromatic heterocycles. The number of aryl methyl sites for hydroxylation is 1.